The molecule has 1 aromatic carbocycles. The lowest BCUT2D eigenvalue weighted by atomic mass is 9.92. The summed E-state index contributed by atoms with van der Waals surface area (Å²) < 4.78 is 0. The zero-order chi connectivity index (χ0) is 16.3. The molecule has 22 heavy (non-hydrogen) atoms. The standard InChI is InChI=1S/C17H22N2O3/c1-12-4-5-13-8-14(6-7-15(13)18-12)16(22)19(3)9-17(2,10-20)11-21/h4-8,20-21H,9-11H2,1-3H3. The van der Waals surface area contributed by atoms with Gasteiger partial charge in [0.15, 0.2) is 0 Å². The fraction of sp³-hybridized carbons (Fsp3) is 0.412. The molecule has 0 bridgehead atoms. The molecule has 2 aromatic rings. The maximum Gasteiger partial charge on any atom is 0.253 e. The van der Waals surface area contributed by atoms with Crippen molar-refractivity contribution in [3.05, 3.63) is 41.6 Å². The van der Waals surface area contributed by atoms with Crippen LogP contribution >= 0.6 is 0 Å². The van der Waals surface area contributed by atoms with E-state index in [-0.39, 0.29) is 25.7 Å². The average molecular weight is 302 g/mol. The van der Waals surface area contributed by atoms with Gasteiger partial charge < -0.3 is 15.1 Å². The van der Waals surface area contributed by atoms with E-state index in [9.17, 15) is 15.0 Å². The van der Waals surface area contributed by atoms with Gasteiger partial charge in [0.1, 0.15) is 0 Å². The predicted molar refractivity (Wildman–Crippen MR) is 85.7 cm³/mol. The van der Waals surface area contributed by atoms with Crippen LogP contribution in [0.3, 0.4) is 0 Å². The van der Waals surface area contributed by atoms with Crippen LogP contribution in [-0.2, 0) is 0 Å². The predicted octanol–water partition coefficient (Wildman–Crippen LogP) is 1.61. The molecule has 0 radical (unpaired) electrons. The number of aromatic nitrogens is 1. The van der Waals surface area contributed by atoms with Crippen molar-refractivity contribution in [1.82, 2.24) is 9.88 Å². The van der Waals surface area contributed by atoms with Crippen molar-refractivity contribution in [3.63, 3.8) is 0 Å². The number of hydrogen-bond donors (Lipinski definition) is 2. The molecule has 0 atom stereocenters. The largest absolute Gasteiger partial charge is 0.396 e. The summed E-state index contributed by atoms with van der Waals surface area (Å²) in [6, 6.07) is 9.26. The summed E-state index contributed by atoms with van der Waals surface area (Å²) in [6.07, 6.45) is 0. The number of carbonyl (C=O) groups is 1. The number of aliphatic hydroxyl groups is 2. The lowest BCUT2D eigenvalue weighted by molar-refractivity contribution is 0.0366. The molecule has 2 N–H and O–H groups in total. The van der Waals surface area contributed by atoms with Gasteiger partial charge in [-0.05, 0) is 31.2 Å². The van der Waals surface area contributed by atoms with Gasteiger partial charge in [0.2, 0.25) is 0 Å². The van der Waals surface area contributed by atoms with E-state index in [1.165, 1.54) is 4.90 Å². The maximum absolute atomic E-state index is 12.5. The number of hydrogen-bond acceptors (Lipinski definition) is 4. The smallest absolute Gasteiger partial charge is 0.253 e. The van der Waals surface area contributed by atoms with Crippen molar-refractivity contribution in [2.45, 2.75) is 13.8 Å². The van der Waals surface area contributed by atoms with Gasteiger partial charge in [0.05, 0.1) is 18.7 Å². The number of benzene rings is 1. The number of pyridine rings is 1. The Balaban J connectivity index is 2.23. The van der Waals surface area contributed by atoms with Crippen molar-refractivity contribution >= 4 is 16.8 Å². The Morgan fingerprint density at radius 1 is 1.23 bits per heavy atom. The monoisotopic (exact) mass is 302 g/mol. The van der Waals surface area contributed by atoms with Crippen LogP contribution in [0.15, 0.2) is 30.3 Å². The molecule has 5 heteroatoms. The van der Waals surface area contributed by atoms with E-state index in [1.807, 2.05) is 31.2 Å². The molecule has 1 amide bonds. The molecule has 0 spiro atoms. The van der Waals surface area contributed by atoms with Crippen molar-refractivity contribution in [1.29, 1.82) is 0 Å². The molecule has 5 nitrogen and oxygen atoms in total. The summed E-state index contributed by atoms with van der Waals surface area (Å²) in [5.41, 5.74) is 1.65. The lowest BCUT2D eigenvalue weighted by Gasteiger charge is -2.30. The third kappa shape index (κ3) is 3.43. The molecule has 0 unspecified atom stereocenters. The van der Waals surface area contributed by atoms with Gasteiger partial charge in [-0.2, -0.15) is 0 Å². The van der Waals surface area contributed by atoms with E-state index in [2.05, 4.69) is 4.98 Å². The van der Waals surface area contributed by atoms with E-state index >= 15 is 0 Å². The van der Waals surface area contributed by atoms with Crippen LogP contribution in [0, 0.1) is 12.3 Å². The molecule has 0 aliphatic heterocycles. The first-order valence-electron chi connectivity index (χ1n) is 7.23. The average Bonchev–Trinajstić information content (AvgIpc) is 2.53. The molecule has 0 aliphatic carbocycles. The lowest BCUT2D eigenvalue weighted by Crippen LogP contribution is -2.41. The van der Waals surface area contributed by atoms with Crippen LogP contribution in [0.5, 0.6) is 0 Å². The topological polar surface area (TPSA) is 73.7 Å². The molecule has 0 aliphatic rings. The van der Waals surface area contributed by atoms with Gasteiger partial charge in [-0.3, -0.25) is 9.78 Å². The minimum Gasteiger partial charge on any atom is -0.396 e. The van der Waals surface area contributed by atoms with E-state index in [4.69, 9.17) is 0 Å². The van der Waals surface area contributed by atoms with Crippen molar-refractivity contribution in [2.24, 2.45) is 5.41 Å². The second kappa shape index (κ2) is 6.42. The second-order valence-electron chi connectivity index (χ2n) is 6.15. The quantitative estimate of drug-likeness (QED) is 0.880. The minimum absolute atomic E-state index is 0.143. The maximum atomic E-state index is 12.5. The van der Waals surface area contributed by atoms with E-state index in [0.717, 1.165) is 16.6 Å². The number of carbonyl (C=O) groups excluding carboxylic acids is 1. The third-order valence-corrected chi connectivity index (χ3v) is 3.80. The Hall–Kier alpha value is -1.98. The van der Waals surface area contributed by atoms with Gasteiger partial charge in [-0.25, -0.2) is 0 Å². The highest BCUT2D eigenvalue weighted by atomic mass is 16.3. The Labute approximate surface area is 130 Å². The van der Waals surface area contributed by atoms with Gasteiger partial charge in [-0.15, -0.1) is 0 Å². The SMILES string of the molecule is Cc1ccc2cc(C(=O)N(C)CC(C)(CO)CO)ccc2n1. The molecule has 118 valence electrons. The van der Waals surface area contributed by atoms with Crippen LogP contribution in [0.4, 0.5) is 0 Å². The fourth-order valence-electron chi connectivity index (χ4n) is 2.38. The fourth-order valence-corrected chi connectivity index (χ4v) is 2.38. The first kappa shape index (κ1) is 16.4. The highest BCUT2D eigenvalue weighted by Gasteiger charge is 2.26. The summed E-state index contributed by atoms with van der Waals surface area (Å²) >= 11 is 0. The zero-order valence-electron chi connectivity index (χ0n) is 13.2. The highest BCUT2D eigenvalue weighted by molar-refractivity contribution is 5.97. The Morgan fingerprint density at radius 3 is 2.55 bits per heavy atom. The normalized spacial score (nSPS) is 11.7. The van der Waals surface area contributed by atoms with Crippen LogP contribution in [0.1, 0.15) is 23.0 Å². The molecule has 1 heterocycles. The summed E-state index contributed by atoms with van der Waals surface area (Å²) in [7, 11) is 1.67. The molecule has 2 rings (SSSR count). The molecule has 0 fully saturated rings. The van der Waals surface area contributed by atoms with Gasteiger partial charge in [-0.1, -0.05) is 13.0 Å². The van der Waals surface area contributed by atoms with Crippen LogP contribution in [0.25, 0.3) is 10.9 Å². The Bertz CT molecular complexity index is 681. The van der Waals surface area contributed by atoms with E-state index < -0.39 is 5.41 Å². The number of nitrogens with zero attached hydrogens (tertiary/aromatic N) is 2. The minimum atomic E-state index is -0.708. The number of aryl methyl sites for hydroxylation is 1. The van der Waals surface area contributed by atoms with E-state index in [0.29, 0.717) is 5.56 Å². The molecule has 0 saturated heterocycles. The van der Waals surface area contributed by atoms with Crippen molar-refractivity contribution in [2.75, 3.05) is 26.8 Å². The molecule has 1 aromatic heterocycles. The number of amides is 1. The zero-order valence-corrected chi connectivity index (χ0v) is 13.2. The van der Waals surface area contributed by atoms with Crippen LogP contribution in [0.2, 0.25) is 0 Å². The van der Waals surface area contributed by atoms with Gasteiger partial charge >= 0.3 is 0 Å². The third-order valence-electron chi connectivity index (χ3n) is 3.80. The van der Waals surface area contributed by atoms with Crippen LogP contribution < -0.4 is 0 Å². The summed E-state index contributed by atoms with van der Waals surface area (Å²) in [5.74, 6) is -0.143. The first-order chi connectivity index (χ1) is 10.4. The van der Waals surface area contributed by atoms with Crippen molar-refractivity contribution in [3.8, 4) is 0 Å². The molecule has 0 saturated carbocycles. The first-order valence-corrected chi connectivity index (χ1v) is 7.23. The summed E-state index contributed by atoms with van der Waals surface area (Å²) in [4.78, 5) is 18.4. The Kier molecular flexibility index (Phi) is 4.78. The number of rotatable bonds is 5. The highest BCUT2D eigenvalue weighted by Crippen LogP contribution is 2.19. The van der Waals surface area contributed by atoms with Gasteiger partial charge in [0, 0.05) is 35.7 Å². The summed E-state index contributed by atoms with van der Waals surface area (Å²) in [6.45, 7) is 3.59. The second-order valence-corrected chi connectivity index (χ2v) is 6.15. The molecular formula is C17H22N2O3. The number of aliphatic hydroxyl groups excluding tert-OH is 2. The molecular weight excluding hydrogens is 280 g/mol. The van der Waals surface area contributed by atoms with E-state index in [1.54, 1.807) is 20.0 Å². The van der Waals surface area contributed by atoms with Crippen molar-refractivity contribution < 1.29 is 15.0 Å². The number of fused-ring (bicyclic) bond motifs is 1. The summed E-state index contributed by atoms with van der Waals surface area (Å²) in [5, 5.41) is 19.6. The van der Waals surface area contributed by atoms with Gasteiger partial charge in [0.25, 0.3) is 5.91 Å². The Morgan fingerprint density at radius 2 is 1.91 bits per heavy atom. The van der Waals surface area contributed by atoms with Crippen LogP contribution in [-0.4, -0.2) is 52.8 Å².